The molecule has 0 spiro atoms. The first-order valence-corrected chi connectivity index (χ1v) is 14.7. The van der Waals surface area contributed by atoms with Crippen LogP contribution in [0.2, 0.25) is 0 Å². The number of para-hydroxylation sites is 1. The molecule has 190 valence electrons. The molecule has 0 atom stereocenters. The Morgan fingerprint density at radius 2 is 1.16 bits per heavy atom. The fourth-order valence-electron chi connectivity index (χ4n) is 3.34. The molecular formula is C26H22BrN3O5S2. The van der Waals surface area contributed by atoms with Crippen LogP contribution in [0, 0.1) is 6.92 Å². The number of nitrogens with one attached hydrogen (secondary N) is 3. The second kappa shape index (κ2) is 10.8. The number of hydrogen-bond acceptors (Lipinski definition) is 5. The van der Waals surface area contributed by atoms with E-state index in [1.807, 2.05) is 6.92 Å². The van der Waals surface area contributed by atoms with Gasteiger partial charge in [0.2, 0.25) is 0 Å². The summed E-state index contributed by atoms with van der Waals surface area (Å²) >= 11 is 3.30. The minimum Gasteiger partial charge on any atom is -0.322 e. The molecule has 0 saturated carbocycles. The zero-order chi connectivity index (χ0) is 26.6. The van der Waals surface area contributed by atoms with Crippen LogP contribution in [0.3, 0.4) is 0 Å². The van der Waals surface area contributed by atoms with Crippen molar-refractivity contribution in [1.82, 2.24) is 0 Å². The van der Waals surface area contributed by atoms with Gasteiger partial charge in [0, 0.05) is 15.8 Å². The van der Waals surface area contributed by atoms with E-state index < -0.39 is 26.0 Å². The van der Waals surface area contributed by atoms with Gasteiger partial charge < -0.3 is 5.32 Å². The molecule has 0 radical (unpaired) electrons. The van der Waals surface area contributed by atoms with Crippen LogP contribution in [-0.2, 0) is 20.0 Å². The van der Waals surface area contributed by atoms with Crippen LogP contribution in [0.4, 0.5) is 17.1 Å². The smallest absolute Gasteiger partial charge is 0.261 e. The van der Waals surface area contributed by atoms with E-state index in [1.165, 1.54) is 48.5 Å². The summed E-state index contributed by atoms with van der Waals surface area (Å²) in [4.78, 5) is 13.1. The quantitative estimate of drug-likeness (QED) is 0.243. The molecule has 37 heavy (non-hydrogen) atoms. The van der Waals surface area contributed by atoms with Gasteiger partial charge in [-0.2, -0.15) is 0 Å². The lowest BCUT2D eigenvalue weighted by Gasteiger charge is -2.13. The van der Waals surface area contributed by atoms with Crippen molar-refractivity contribution < 1.29 is 21.6 Å². The van der Waals surface area contributed by atoms with Gasteiger partial charge in [-0.05, 0) is 79.7 Å². The molecule has 0 bridgehead atoms. The highest BCUT2D eigenvalue weighted by atomic mass is 79.9. The number of sulfonamides is 2. The molecule has 0 aliphatic heterocycles. The number of halogens is 1. The molecular weight excluding hydrogens is 578 g/mol. The molecule has 3 N–H and O–H groups in total. The number of rotatable bonds is 8. The maximum atomic E-state index is 13.0. The Balaban J connectivity index is 1.49. The highest BCUT2D eigenvalue weighted by Gasteiger charge is 2.19. The monoisotopic (exact) mass is 599 g/mol. The van der Waals surface area contributed by atoms with Crippen molar-refractivity contribution in [2.24, 2.45) is 0 Å². The molecule has 11 heteroatoms. The molecule has 0 aliphatic rings. The molecule has 0 aromatic heterocycles. The molecule has 0 heterocycles. The Morgan fingerprint density at radius 3 is 1.78 bits per heavy atom. The highest BCUT2D eigenvalue weighted by molar-refractivity contribution is 9.10. The molecule has 0 aliphatic carbocycles. The van der Waals surface area contributed by atoms with Crippen LogP contribution in [0.25, 0.3) is 0 Å². The van der Waals surface area contributed by atoms with Gasteiger partial charge in [-0.25, -0.2) is 16.8 Å². The number of carbonyl (C=O) groups excluding carboxylic acids is 1. The Labute approximate surface area is 224 Å². The highest BCUT2D eigenvalue weighted by Crippen LogP contribution is 2.23. The molecule has 4 rings (SSSR count). The third-order valence-corrected chi connectivity index (χ3v) is 8.57. The Hall–Kier alpha value is -3.67. The van der Waals surface area contributed by atoms with E-state index in [-0.39, 0.29) is 21.0 Å². The summed E-state index contributed by atoms with van der Waals surface area (Å²) in [6.07, 6.45) is 0. The van der Waals surface area contributed by atoms with Crippen molar-refractivity contribution in [3.8, 4) is 0 Å². The number of carbonyl (C=O) groups is 1. The fourth-order valence-corrected chi connectivity index (χ4v) is 5.74. The van der Waals surface area contributed by atoms with Gasteiger partial charge in [0.05, 0.1) is 21.0 Å². The van der Waals surface area contributed by atoms with Crippen molar-refractivity contribution in [3.63, 3.8) is 0 Å². The lowest BCUT2D eigenvalue weighted by Crippen LogP contribution is -2.18. The average molecular weight is 601 g/mol. The third kappa shape index (κ3) is 6.56. The first-order chi connectivity index (χ1) is 17.5. The summed E-state index contributed by atoms with van der Waals surface area (Å²) in [6.45, 7) is 1.85. The number of hydrogen-bond donors (Lipinski definition) is 3. The van der Waals surface area contributed by atoms with E-state index in [0.29, 0.717) is 11.4 Å². The van der Waals surface area contributed by atoms with Crippen LogP contribution in [0.15, 0.2) is 111 Å². The van der Waals surface area contributed by atoms with Crippen LogP contribution in [0.5, 0.6) is 0 Å². The fraction of sp³-hybridized carbons (Fsp3) is 0.0385. The lowest BCUT2D eigenvalue weighted by atomic mass is 10.1. The maximum Gasteiger partial charge on any atom is 0.261 e. The maximum absolute atomic E-state index is 13.0. The van der Waals surface area contributed by atoms with Gasteiger partial charge in [-0.1, -0.05) is 45.8 Å². The molecule has 4 aromatic rings. The molecule has 0 saturated heterocycles. The van der Waals surface area contributed by atoms with Gasteiger partial charge in [-0.3, -0.25) is 14.2 Å². The lowest BCUT2D eigenvalue weighted by molar-refractivity contribution is 0.102. The summed E-state index contributed by atoms with van der Waals surface area (Å²) in [5.41, 5.74) is 1.88. The zero-order valence-electron chi connectivity index (χ0n) is 19.5. The Morgan fingerprint density at radius 1 is 0.649 bits per heavy atom. The van der Waals surface area contributed by atoms with Crippen molar-refractivity contribution >= 4 is 58.9 Å². The number of amides is 1. The van der Waals surface area contributed by atoms with Gasteiger partial charge in [0.1, 0.15) is 0 Å². The Bertz CT molecular complexity index is 1640. The molecule has 8 nitrogen and oxygen atoms in total. The van der Waals surface area contributed by atoms with Crippen molar-refractivity contribution in [1.29, 1.82) is 0 Å². The van der Waals surface area contributed by atoms with Crippen molar-refractivity contribution in [2.75, 3.05) is 14.8 Å². The molecule has 0 unspecified atom stereocenters. The second-order valence-electron chi connectivity index (χ2n) is 8.06. The van der Waals surface area contributed by atoms with E-state index in [4.69, 9.17) is 0 Å². The van der Waals surface area contributed by atoms with E-state index in [2.05, 4.69) is 30.7 Å². The standard InChI is InChI=1S/C26H22BrN3O5S2/c1-18-6-14-22(15-7-18)37(34,35)30-25-5-3-2-4-24(25)26(31)28-20-12-16-23(17-13-20)36(32,33)29-21-10-8-19(27)9-11-21/h2-17,29-30H,1H3,(H,28,31). The second-order valence-corrected chi connectivity index (χ2v) is 12.3. The number of anilines is 3. The van der Waals surface area contributed by atoms with Crippen molar-refractivity contribution in [2.45, 2.75) is 16.7 Å². The topological polar surface area (TPSA) is 121 Å². The van der Waals surface area contributed by atoms with Crippen LogP contribution >= 0.6 is 15.9 Å². The van der Waals surface area contributed by atoms with Gasteiger partial charge >= 0.3 is 0 Å². The van der Waals surface area contributed by atoms with E-state index >= 15 is 0 Å². The van der Waals surface area contributed by atoms with Crippen LogP contribution in [0.1, 0.15) is 15.9 Å². The predicted molar refractivity (Wildman–Crippen MR) is 148 cm³/mol. The average Bonchev–Trinajstić information content (AvgIpc) is 2.86. The largest absolute Gasteiger partial charge is 0.322 e. The number of aryl methyl sites for hydroxylation is 1. The molecule has 4 aromatic carbocycles. The van der Waals surface area contributed by atoms with E-state index in [1.54, 1.807) is 48.5 Å². The van der Waals surface area contributed by atoms with E-state index in [9.17, 15) is 21.6 Å². The Kier molecular flexibility index (Phi) is 7.67. The molecule has 0 fully saturated rings. The van der Waals surface area contributed by atoms with E-state index in [0.717, 1.165) is 10.0 Å². The first kappa shape index (κ1) is 26.4. The predicted octanol–water partition coefficient (Wildman–Crippen LogP) is 5.61. The van der Waals surface area contributed by atoms with Crippen LogP contribution < -0.4 is 14.8 Å². The SMILES string of the molecule is Cc1ccc(S(=O)(=O)Nc2ccccc2C(=O)Nc2ccc(S(=O)(=O)Nc3ccc(Br)cc3)cc2)cc1. The third-order valence-electron chi connectivity index (χ3n) is 5.27. The van der Waals surface area contributed by atoms with Gasteiger partial charge in [0.25, 0.3) is 26.0 Å². The van der Waals surface area contributed by atoms with Crippen LogP contribution in [-0.4, -0.2) is 22.7 Å². The normalized spacial score (nSPS) is 11.5. The summed E-state index contributed by atoms with van der Waals surface area (Å²) < 4.78 is 56.8. The van der Waals surface area contributed by atoms with Gasteiger partial charge in [-0.15, -0.1) is 0 Å². The minimum atomic E-state index is -3.92. The first-order valence-electron chi connectivity index (χ1n) is 10.9. The zero-order valence-corrected chi connectivity index (χ0v) is 22.7. The molecule has 1 amide bonds. The number of benzene rings is 4. The van der Waals surface area contributed by atoms with Gasteiger partial charge in [0.15, 0.2) is 0 Å². The minimum absolute atomic E-state index is 0.0136. The summed E-state index contributed by atoms with van der Waals surface area (Å²) in [6, 6.07) is 24.9. The summed E-state index contributed by atoms with van der Waals surface area (Å²) in [5, 5.41) is 2.67. The summed E-state index contributed by atoms with van der Waals surface area (Å²) in [5.74, 6) is -0.564. The summed E-state index contributed by atoms with van der Waals surface area (Å²) in [7, 11) is -7.75. The van der Waals surface area contributed by atoms with Crippen molar-refractivity contribution in [3.05, 3.63) is 113 Å².